The van der Waals surface area contributed by atoms with Gasteiger partial charge in [0.25, 0.3) is 0 Å². The quantitative estimate of drug-likeness (QED) is 0.730. The zero-order valence-electron chi connectivity index (χ0n) is 9.04. The summed E-state index contributed by atoms with van der Waals surface area (Å²) in [5, 5.41) is 12.2. The van der Waals surface area contributed by atoms with Crippen molar-refractivity contribution < 1.29 is 9.90 Å². The Kier molecular flexibility index (Phi) is 2.06. The van der Waals surface area contributed by atoms with Gasteiger partial charge in [-0.2, -0.15) is 0 Å². The number of carbonyl (C=O) groups is 1. The Labute approximate surface area is 90.2 Å². The summed E-state index contributed by atoms with van der Waals surface area (Å²) < 4.78 is 0. The molecule has 3 unspecified atom stereocenters. The van der Waals surface area contributed by atoms with Crippen LogP contribution in [0.2, 0.25) is 0 Å². The second-order valence-electron chi connectivity index (χ2n) is 5.71. The molecular weight excluding hydrogens is 190 g/mol. The van der Waals surface area contributed by atoms with Gasteiger partial charge in [-0.25, -0.2) is 0 Å². The summed E-state index contributed by atoms with van der Waals surface area (Å²) in [6.45, 7) is 0.111. The number of aliphatic hydroxyl groups is 1. The maximum Gasteiger partial charge on any atom is 0.223 e. The van der Waals surface area contributed by atoms with Crippen LogP contribution in [0.1, 0.15) is 38.5 Å². The first kappa shape index (κ1) is 9.64. The molecule has 3 heteroatoms. The van der Waals surface area contributed by atoms with E-state index < -0.39 is 0 Å². The molecular formula is C12H19NO2. The van der Waals surface area contributed by atoms with E-state index in [1.54, 1.807) is 0 Å². The Bertz CT molecular complexity index is 285. The first-order valence-corrected chi connectivity index (χ1v) is 6.15. The van der Waals surface area contributed by atoms with Crippen LogP contribution in [0.3, 0.4) is 0 Å². The van der Waals surface area contributed by atoms with Crippen molar-refractivity contribution in [2.45, 2.75) is 44.1 Å². The van der Waals surface area contributed by atoms with Crippen molar-refractivity contribution in [2.24, 2.45) is 17.8 Å². The predicted molar refractivity (Wildman–Crippen MR) is 56.1 cm³/mol. The van der Waals surface area contributed by atoms with E-state index in [0.717, 1.165) is 25.2 Å². The Morgan fingerprint density at radius 3 is 2.60 bits per heavy atom. The van der Waals surface area contributed by atoms with Crippen LogP contribution in [-0.4, -0.2) is 23.2 Å². The minimum Gasteiger partial charge on any atom is -0.394 e. The molecule has 0 spiro atoms. The van der Waals surface area contributed by atoms with Crippen molar-refractivity contribution in [3.8, 4) is 0 Å². The summed E-state index contributed by atoms with van der Waals surface area (Å²) in [6.07, 6.45) is 6.85. The van der Waals surface area contributed by atoms with E-state index >= 15 is 0 Å². The summed E-state index contributed by atoms with van der Waals surface area (Å²) in [4.78, 5) is 12.0. The van der Waals surface area contributed by atoms with Gasteiger partial charge in [-0.1, -0.05) is 6.42 Å². The summed E-state index contributed by atoms with van der Waals surface area (Å²) in [7, 11) is 0. The number of hydrogen-bond donors (Lipinski definition) is 2. The fourth-order valence-electron chi connectivity index (χ4n) is 3.39. The highest BCUT2D eigenvalue weighted by atomic mass is 16.3. The highest BCUT2D eigenvalue weighted by Gasteiger charge is 2.48. The molecule has 0 radical (unpaired) electrons. The van der Waals surface area contributed by atoms with Crippen molar-refractivity contribution in [1.82, 2.24) is 5.32 Å². The van der Waals surface area contributed by atoms with Gasteiger partial charge in [0.2, 0.25) is 5.91 Å². The second-order valence-corrected chi connectivity index (χ2v) is 5.71. The molecule has 3 atom stereocenters. The van der Waals surface area contributed by atoms with Crippen LogP contribution in [0.4, 0.5) is 0 Å². The van der Waals surface area contributed by atoms with Crippen molar-refractivity contribution in [3.05, 3.63) is 0 Å². The van der Waals surface area contributed by atoms with Crippen molar-refractivity contribution >= 4 is 5.91 Å². The lowest BCUT2D eigenvalue weighted by Gasteiger charge is -2.23. The normalized spacial score (nSPS) is 40.5. The van der Waals surface area contributed by atoms with Gasteiger partial charge in [-0.15, -0.1) is 0 Å². The molecule has 0 aliphatic heterocycles. The third-order valence-electron chi connectivity index (χ3n) is 4.62. The van der Waals surface area contributed by atoms with Gasteiger partial charge in [-0.05, 0) is 43.9 Å². The Morgan fingerprint density at radius 2 is 2.13 bits per heavy atom. The fraction of sp³-hybridized carbons (Fsp3) is 0.917. The first-order chi connectivity index (χ1) is 7.22. The van der Waals surface area contributed by atoms with E-state index in [-0.39, 0.29) is 24.0 Å². The average molecular weight is 209 g/mol. The molecule has 0 aromatic rings. The van der Waals surface area contributed by atoms with Crippen LogP contribution in [0.5, 0.6) is 0 Å². The highest BCUT2D eigenvalue weighted by Crippen LogP contribution is 2.49. The molecule has 3 aliphatic rings. The number of nitrogens with one attached hydrogen (secondary N) is 1. The molecule has 3 aliphatic carbocycles. The number of fused-ring (bicyclic) bond motifs is 2. The van der Waals surface area contributed by atoms with E-state index in [9.17, 15) is 4.79 Å². The molecule has 3 fully saturated rings. The van der Waals surface area contributed by atoms with Crippen molar-refractivity contribution in [1.29, 1.82) is 0 Å². The van der Waals surface area contributed by atoms with Gasteiger partial charge in [0.15, 0.2) is 0 Å². The van der Waals surface area contributed by atoms with E-state index in [4.69, 9.17) is 5.11 Å². The van der Waals surface area contributed by atoms with Gasteiger partial charge in [0.05, 0.1) is 12.1 Å². The minimum absolute atomic E-state index is 0.111. The van der Waals surface area contributed by atoms with E-state index in [0.29, 0.717) is 5.92 Å². The van der Waals surface area contributed by atoms with Crippen LogP contribution >= 0.6 is 0 Å². The molecule has 15 heavy (non-hydrogen) atoms. The van der Waals surface area contributed by atoms with Crippen LogP contribution in [0, 0.1) is 17.8 Å². The second kappa shape index (κ2) is 3.21. The molecule has 3 saturated carbocycles. The average Bonchev–Trinajstić information content (AvgIpc) is 2.73. The summed E-state index contributed by atoms with van der Waals surface area (Å²) in [6, 6.07) is 0. The molecule has 2 bridgehead atoms. The Morgan fingerprint density at radius 1 is 1.33 bits per heavy atom. The lowest BCUT2D eigenvalue weighted by Crippen LogP contribution is -2.44. The summed E-state index contributed by atoms with van der Waals surface area (Å²) in [5.41, 5.74) is -0.223. The van der Waals surface area contributed by atoms with Crippen LogP contribution in [0.25, 0.3) is 0 Å². The fourth-order valence-corrected chi connectivity index (χ4v) is 3.39. The van der Waals surface area contributed by atoms with E-state index in [1.165, 1.54) is 19.3 Å². The summed E-state index contributed by atoms with van der Waals surface area (Å²) in [5.74, 6) is 1.93. The lowest BCUT2D eigenvalue weighted by atomic mass is 9.88. The molecule has 3 nitrogen and oxygen atoms in total. The maximum absolute atomic E-state index is 12.0. The van der Waals surface area contributed by atoms with Gasteiger partial charge in [-0.3, -0.25) is 4.79 Å². The molecule has 84 valence electrons. The van der Waals surface area contributed by atoms with Crippen LogP contribution in [0.15, 0.2) is 0 Å². The Balaban J connectivity index is 1.61. The monoisotopic (exact) mass is 209 g/mol. The standard InChI is InChI=1S/C12H19NO2/c14-7-12(3-4-12)13-11(15)10-6-8-1-2-9(10)5-8/h8-10,14H,1-7H2,(H,13,15). The molecule has 1 amide bonds. The Hall–Kier alpha value is -0.570. The van der Waals surface area contributed by atoms with Gasteiger partial charge in [0, 0.05) is 5.92 Å². The van der Waals surface area contributed by atoms with Gasteiger partial charge >= 0.3 is 0 Å². The zero-order chi connectivity index (χ0) is 10.5. The van der Waals surface area contributed by atoms with Gasteiger partial charge < -0.3 is 10.4 Å². The summed E-state index contributed by atoms with van der Waals surface area (Å²) >= 11 is 0. The molecule has 0 aromatic heterocycles. The SMILES string of the molecule is O=C(NC1(CO)CC1)C1CC2CCC1C2. The number of hydrogen-bond acceptors (Lipinski definition) is 2. The lowest BCUT2D eigenvalue weighted by molar-refractivity contribution is -0.127. The third kappa shape index (κ3) is 1.57. The smallest absolute Gasteiger partial charge is 0.223 e. The number of amides is 1. The first-order valence-electron chi connectivity index (χ1n) is 6.15. The molecule has 0 heterocycles. The number of carbonyl (C=O) groups excluding carboxylic acids is 1. The topological polar surface area (TPSA) is 49.3 Å². The maximum atomic E-state index is 12.0. The zero-order valence-corrected chi connectivity index (χ0v) is 9.04. The molecule has 0 saturated heterocycles. The van der Waals surface area contributed by atoms with Crippen LogP contribution < -0.4 is 5.32 Å². The largest absolute Gasteiger partial charge is 0.394 e. The predicted octanol–water partition coefficient (Wildman–Crippen LogP) is 1.06. The third-order valence-corrected chi connectivity index (χ3v) is 4.62. The molecule has 2 N–H and O–H groups in total. The van der Waals surface area contributed by atoms with Gasteiger partial charge in [0.1, 0.15) is 0 Å². The van der Waals surface area contributed by atoms with E-state index in [1.807, 2.05) is 0 Å². The number of rotatable bonds is 3. The van der Waals surface area contributed by atoms with Crippen molar-refractivity contribution in [2.75, 3.05) is 6.61 Å². The van der Waals surface area contributed by atoms with Crippen molar-refractivity contribution in [3.63, 3.8) is 0 Å². The van der Waals surface area contributed by atoms with Crippen LogP contribution in [-0.2, 0) is 4.79 Å². The van der Waals surface area contributed by atoms with E-state index in [2.05, 4.69) is 5.32 Å². The minimum atomic E-state index is -0.223. The highest BCUT2D eigenvalue weighted by molar-refractivity contribution is 5.80. The molecule has 3 rings (SSSR count). The number of aliphatic hydroxyl groups excluding tert-OH is 1. The molecule has 0 aromatic carbocycles.